The number of halogens is 4. The fourth-order valence-corrected chi connectivity index (χ4v) is 0. The van der Waals surface area contributed by atoms with Gasteiger partial charge in [0.05, 0.1) is 0 Å². The van der Waals surface area contributed by atoms with Crippen LogP contribution < -0.4 is 0 Å². The van der Waals surface area contributed by atoms with Gasteiger partial charge in [-0.1, -0.05) is 0 Å². The van der Waals surface area contributed by atoms with Gasteiger partial charge in [-0.15, -0.1) is 0 Å². The molecule has 10 heavy (non-hydrogen) atoms. The molecule has 0 radical (unpaired) electrons. The summed E-state index contributed by atoms with van der Waals surface area (Å²) >= 11 is -7.00. The SMILES string of the molecule is O.O.O.O.O.[F][Ge]([F])([F])[F]. The average molecular weight is 239 g/mol. The first-order valence-electron chi connectivity index (χ1n) is 0.756. The first-order chi connectivity index (χ1) is 2.00. The van der Waals surface area contributed by atoms with Crippen molar-refractivity contribution in [3.8, 4) is 0 Å². The Morgan fingerprint density at radius 2 is 0.500 bits per heavy atom. The van der Waals surface area contributed by atoms with Crippen molar-refractivity contribution in [2.45, 2.75) is 0 Å². The van der Waals surface area contributed by atoms with Gasteiger partial charge in [0.15, 0.2) is 0 Å². The quantitative estimate of drug-likeness (QED) is 0.315. The van der Waals surface area contributed by atoms with E-state index in [9.17, 15) is 14.0 Å². The molecule has 0 spiro atoms. The second-order valence-electron chi connectivity index (χ2n) is 0.429. The van der Waals surface area contributed by atoms with Gasteiger partial charge in [0.2, 0.25) is 0 Å². The third-order valence-electron chi connectivity index (χ3n) is 0. The van der Waals surface area contributed by atoms with Gasteiger partial charge in [-0.3, -0.25) is 0 Å². The molecule has 0 aliphatic heterocycles. The van der Waals surface area contributed by atoms with Gasteiger partial charge in [-0.2, -0.15) is 0 Å². The van der Waals surface area contributed by atoms with Crippen LogP contribution in [0.1, 0.15) is 0 Å². The number of hydrogen-bond acceptors (Lipinski definition) is 0. The van der Waals surface area contributed by atoms with Crippen LogP contribution in [0.4, 0.5) is 14.0 Å². The Bertz CT molecular complexity index is 29.1. The molecule has 0 saturated carbocycles. The van der Waals surface area contributed by atoms with Crippen molar-refractivity contribution in [3.05, 3.63) is 0 Å². The van der Waals surface area contributed by atoms with Crippen molar-refractivity contribution in [3.63, 3.8) is 0 Å². The van der Waals surface area contributed by atoms with E-state index in [4.69, 9.17) is 0 Å². The van der Waals surface area contributed by atoms with E-state index in [-0.39, 0.29) is 27.4 Å². The Labute approximate surface area is 57.5 Å². The van der Waals surface area contributed by atoms with Crippen molar-refractivity contribution in [2.75, 3.05) is 0 Å². The molecule has 0 atom stereocenters. The fourth-order valence-electron chi connectivity index (χ4n) is 0. The summed E-state index contributed by atoms with van der Waals surface area (Å²) in [5.74, 6) is 0. The predicted molar refractivity (Wildman–Crippen MR) is 28.3 cm³/mol. The molecule has 0 aromatic heterocycles. The van der Waals surface area contributed by atoms with Crippen LogP contribution in [0.3, 0.4) is 0 Å². The Kier molecular flexibility index (Phi) is 80.3. The summed E-state index contributed by atoms with van der Waals surface area (Å²) in [5.41, 5.74) is 0. The Hall–Kier alpha value is 0.0629. The maximum atomic E-state index is 9.88. The summed E-state index contributed by atoms with van der Waals surface area (Å²) in [6.07, 6.45) is 0. The average Bonchev–Trinajstić information content (AvgIpc) is 0.722. The van der Waals surface area contributed by atoms with E-state index in [0.29, 0.717) is 0 Å². The van der Waals surface area contributed by atoms with Crippen LogP contribution in [0, 0.1) is 0 Å². The molecule has 10 N–H and O–H groups in total. The molecular formula is H10F4GeO5. The topological polar surface area (TPSA) is 158 Å². The second kappa shape index (κ2) is 16.0. The van der Waals surface area contributed by atoms with E-state index in [1.54, 1.807) is 0 Å². The van der Waals surface area contributed by atoms with Gasteiger partial charge in [-0.05, 0) is 0 Å². The van der Waals surface area contributed by atoms with Crippen molar-refractivity contribution < 1.29 is 41.4 Å². The Morgan fingerprint density at radius 3 is 0.500 bits per heavy atom. The Morgan fingerprint density at radius 1 is 0.500 bits per heavy atom. The summed E-state index contributed by atoms with van der Waals surface area (Å²) in [4.78, 5) is 0. The second-order valence-corrected chi connectivity index (χ2v) is 2.23. The van der Waals surface area contributed by atoms with Crippen LogP contribution in [-0.2, 0) is 0 Å². The summed E-state index contributed by atoms with van der Waals surface area (Å²) < 4.78 is 39.5. The van der Waals surface area contributed by atoms with Gasteiger partial charge < -0.3 is 27.4 Å². The summed E-state index contributed by atoms with van der Waals surface area (Å²) in [5, 5.41) is 0. The first kappa shape index (κ1) is 50.1. The van der Waals surface area contributed by atoms with E-state index in [1.807, 2.05) is 0 Å². The zero-order chi connectivity index (χ0) is 4.50. The normalized spacial score (nSPS) is 6.00. The van der Waals surface area contributed by atoms with Crippen LogP contribution in [0.5, 0.6) is 0 Å². The van der Waals surface area contributed by atoms with Gasteiger partial charge in [0.25, 0.3) is 0 Å². The molecule has 0 unspecified atom stereocenters. The standard InChI is InChI=1S/F4Ge.5H2O/c1-5(2,3)4;;;;;/h;5*1H2. The molecule has 0 aliphatic carbocycles. The minimum absolute atomic E-state index is 0. The third-order valence-corrected chi connectivity index (χ3v) is 0. The van der Waals surface area contributed by atoms with Crippen molar-refractivity contribution in [1.82, 2.24) is 0 Å². The molecule has 0 fully saturated rings. The number of rotatable bonds is 0. The van der Waals surface area contributed by atoms with Crippen molar-refractivity contribution in [1.29, 1.82) is 0 Å². The zero-order valence-electron chi connectivity index (χ0n) is 4.51. The van der Waals surface area contributed by atoms with Crippen LogP contribution >= 0.6 is 0 Å². The Balaban J connectivity index is -0.00000000800. The molecule has 0 aromatic rings. The van der Waals surface area contributed by atoms with E-state index in [1.165, 1.54) is 0 Å². The van der Waals surface area contributed by atoms with E-state index >= 15 is 0 Å². The molecule has 5 nitrogen and oxygen atoms in total. The summed E-state index contributed by atoms with van der Waals surface area (Å²) in [6, 6.07) is 0. The van der Waals surface area contributed by atoms with E-state index < -0.39 is 15.1 Å². The van der Waals surface area contributed by atoms with Gasteiger partial charge in [-0.25, -0.2) is 0 Å². The van der Waals surface area contributed by atoms with Gasteiger partial charge in [0.1, 0.15) is 0 Å². The van der Waals surface area contributed by atoms with Crippen molar-refractivity contribution >= 4 is 15.1 Å². The molecule has 0 amide bonds. The van der Waals surface area contributed by atoms with Crippen LogP contribution in [0.2, 0.25) is 0 Å². The predicted octanol–water partition coefficient (Wildman–Crippen LogP) is -2.82. The molecule has 0 aromatic carbocycles. The van der Waals surface area contributed by atoms with Crippen LogP contribution in [0.15, 0.2) is 0 Å². The number of hydrogen-bond donors (Lipinski definition) is 0. The summed E-state index contributed by atoms with van der Waals surface area (Å²) in [6.45, 7) is 0. The van der Waals surface area contributed by atoms with Gasteiger partial charge >= 0.3 is 29.1 Å². The monoisotopic (exact) mass is 240 g/mol. The van der Waals surface area contributed by atoms with Crippen LogP contribution in [-0.4, -0.2) is 42.5 Å². The van der Waals surface area contributed by atoms with E-state index in [2.05, 4.69) is 0 Å². The van der Waals surface area contributed by atoms with Crippen molar-refractivity contribution in [2.24, 2.45) is 0 Å². The third kappa shape index (κ3) is 102000. The molecule has 10 heteroatoms. The minimum atomic E-state index is -7.00. The molecule has 0 rings (SSSR count). The molecule has 0 heterocycles. The van der Waals surface area contributed by atoms with Gasteiger partial charge in [0, 0.05) is 0 Å². The van der Waals surface area contributed by atoms with Crippen LogP contribution in [0.25, 0.3) is 0 Å². The molecule has 0 aliphatic rings. The maximum absolute atomic E-state index is 9.88. The molecular weight excluding hydrogens is 229 g/mol. The van der Waals surface area contributed by atoms with E-state index in [0.717, 1.165) is 0 Å². The zero-order valence-corrected chi connectivity index (χ0v) is 6.61. The molecule has 72 valence electrons. The fraction of sp³-hybridized carbons (Fsp3) is 0. The first-order valence-corrected chi connectivity index (χ1v) is 3.93. The summed E-state index contributed by atoms with van der Waals surface area (Å²) in [7, 11) is 0. The molecule has 0 bridgehead atoms. The molecule has 0 saturated heterocycles.